The average molecular weight is 374 g/mol. The van der Waals surface area contributed by atoms with E-state index in [0.29, 0.717) is 17.4 Å². The van der Waals surface area contributed by atoms with Gasteiger partial charge < -0.3 is 14.8 Å². The minimum absolute atomic E-state index is 0.398. The van der Waals surface area contributed by atoms with Gasteiger partial charge in [-0.25, -0.2) is 0 Å². The molecule has 1 N–H and O–H groups in total. The topological polar surface area (TPSA) is 86.5 Å². The number of benzene rings is 3. The first-order valence-corrected chi connectivity index (χ1v) is 8.58. The number of nitrogens with one attached hydrogen (secondary N) is 1. The molecule has 0 radical (unpaired) electrons. The number of rotatable bonds is 6. The SMILES string of the molecule is COc1ccc(OC)c(C=Nn2nnnc2Nc2cccc3ccccc23)c1. The van der Waals surface area contributed by atoms with E-state index < -0.39 is 0 Å². The molecule has 0 fully saturated rings. The number of hydrogen-bond donors (Lipinski definition) is 1. The Labute approximate surface area is 161 Å². The van der Waals surface area contributed by atoms with E-state index >= 15 is 0 Å². The van der Waals surface area contributed by atoms with E-state index in [1.54, 1.807) is 20.4 Å². The zero-order valence-corrected chi connectivity index (χ0v) is 15.4. The van der Waals surface area contributed by atoms with Crippen LogP contribution in [0, 0.1) is 0 Å². The molecule has 140 valence electrons. The molecule has 3 aromatic carbocycles. The highest BCUT2D eigenvalue weighted by molar-refractivity contribution is 5.94. The molecule has 28 heavy (non-hydrogen) atoms. The van der Waals surface area contributed by atoms with Crippen molar-refractivity contribution in [3.63, 3.8) is 0 Å². The zero-order valence-electron chi connectivity index (χ0n) is 15.4. The molecular weight excluding hydrogens is 356 g/mol. The standard InChI is InChI=1S/C20H18N6O2/c1-27-16-10-11-19(28-2)15(12-16)13-21-26-20(23-24-25-26)22-18-9-5-7-14-6-3-4-8-17(14)18/h3-13H,1-2H3,(H,22,23,25). The van der Waals surface area contributed by atoms with Crippen molar-refractivity contribution in [2.24, 2.45) is 5.10 Å². The fourth-order valence-electron chi connectivity index (χ4n) is 2.85. The lowest BCUT2D eigenvalue weighted by Crippen LogP contribution is -2.02. The van der Waals surface area contributed by atoms with Gasteiger partial charge in [-0.2, -0.15) is 5.10 Å². The van der Waals surface area contributed by atoms with Crippen molar-refractivity contribution in [1.29, 1.82) is 0 Å². The van der Waals surface area contributed by atoms with Crippen LogP contribution in [0.5, 0.6) is 11.5 Å². The Bertz CT molecular complexity index is 1130. The van der Waals surface area contributed by atoms with E-state index in [2.05, 4.69) is 38.1 Å². The van der Waals surface area contributed by atoms with Gasteiger partial charge in [-0.1, -0.05) is 46.3 Å². The van der Waals surface area contributed by atoms with Gasteiger partial charge in [0.25, 0.3) is 5.95 Å². The molecule has 0 amide bonds. The first kappa shape index (κ1) is 17.5. The third-order valence-corrected chi connectivity index (χ3v) is 4.23. The number of fused-ring (bicyclic) bond motifs is 1. The van der Waals surface area contributed by atoms with Crippen molar-refractivity contribution >= 4 is 28.6 Å². The molecule has 4 rings (SSSR count). The Morgan fingerprint density at radius 1 is 1.00 bits per heavy atom. The minimum Gasteiger partial charge on any atom is -0.497 e. The van der Waals surface area contributed by atoms with Crippen molar-refractivity contribution in [3.05, 3.63) is 66.2 Å². The van der Waals surface area contributed by atoms with Crippen molar-refractivity contribution < 1.29 is 9.47 Å². The highest BCUT2D eigenvalue weighted by Gasteiger charge is 2.08. The molecule has 4 aromatic rings. The molecule has 1 aromatic heterocycles. The van der Waals surface area contributed by atoms with E-state index in [4.69, 9.17) is 9.47 Å². The number of ether oxygens (including phenoxy) is 2. The molecule has 1 heterocycles. The van der Waals surface area contributed by atoms with Crippen LogP contribution >= 0.6 is 0 Å². The number of anilines is 2. The van der Waals surface area contributed by atoms with Crippen LogP contribution in [0.4, 0.5) is 11.6 Å². The van der Waals surface area contributed by atoms with Crippen molar-refractivity contribution in [2.75, 3.05) is 19.5 Å². The largest absolute Gasteiger partial charge is 0.497 e. The zero-order chi connectivity index (χ0) is 19.3. The second-order valence-corrected chi connectivity index (χ2v) is 5.90. The summed E-state index contributed by atoms with van der Waals surface area (Å²) in [7, 11) is 3.21. The average Bonchev–Trinajstić information content (AvgIpc) is 3.19. The summed E-state index contributed by atoms with van der Waals surface area (Å²) in [5, 5.41) is 21.5. The normalized spacial score (nSPS) is 11.1. The summed E-state index contributed by atoms with van der Waals surface area (Å²) in [4.78, 5) is 1.32. The molecule has 0 bridgehead atoms. The molecule has 0 atom stereocenters. The monoisotopic (exact) mass is 374 g/mol. The molecule has 8 nitrogen and oxygen atoms in total. The molecule has 0 saturated carbocycles. The van der Waals surface area contributed by atoms with E-state index in [0.717, 1.165) is 22.0 Å². The van der Waals surface area contributed by atoms with Gasteiger partial charge in [-0.3, -0.25) is 0 Å². The number of aromatic nitrogens is 4. The maximum absolute atomic E-state index is 5.37. The van der Waals surface area contributed by atoms with Gasteiger partial charge in [0, 0.05) is 16.6 Å². The predicted octanol–water partition coefficient (Wildman–Crippen LogP) is 3.47. The van der Waals surface area contributed by atoms with Crippen LogP contribution in [0.3, 0.4) is 0 Å². The quantitative estimate of drug-likeness (QED) is 0.520. The van der Waals surface area contributed by atoms with E-state index in [1.165, 1.54) is 4.79 Å². The predicted molar refractivity (Wildman–Crippen MR) is 108 cm³/mol. The van der Waals surface area contributed by atoms with Crippen LogP contribution in [-0.4, -0.2) is 40.8 Å². The number of tetrazole rings is 1. The summed E-state index contributed by atoms with van der Waals surface area (Å²) in [6.07, 6.45) is 1.62. The lowest BCUT2D eigenvalue weighted by atomic mass is 10.1. The number of nitrogens with zero attached hydrogens (tertiary/aromatic N) is 5. The summed E-state index contributed by atoms with van der Waals surface area (Å²) >= 11 is 0. The molecule has 0 spiro atoms. The van der Waals surface area contributed by atoms with Gasteiger partial charge >= 0.3 is 0 Å². The van der Waals surface area contributed by atoms with Gasteiger partial charge in [-0.05, 0) is 40.1 Å². The third kappa shape index (κ3) is 3.48. The van der Waals surface area contributed by atoms with Crippen LogP contribution in [0.2, 0.25) is 0 Å². The van der Waals surface area contributed by atoms with Gasteiger partial charge in [0.1, 0.15) is 11.5 Å². The maximum Gasteiger partial charge on any atom is 0.269 e. The van der Waals surface area contributed by atoms with Crippen LogP contribution in [-0.2, 0) is 0 Å². The van der Waals surface area contributed by atoms with Crippen LogP contribution in [0.25, 0.3) is 10.8 Å². The number of methoxy groups -OCH3 is 2. The summed E-state index contributed by atoms with van der Waals surface area (Å²) < 4.78 is 10.6. The lowest BCUT2D eigenvalue weighted by Gasteiger charge is -2.08. The van der Waals surface area contributed by atoms with Gasteiger partial charge in [-0.15, -0.1) is 0 Å². The Kier molecular flexibility index (Phi) is 4.83. The summed E-state index contributed by atoms with van der Waals surface area (Å²) in [6.45, 7) is 0. The number of hydrogen-bond acceptors (Lipinski definition) is 7. The van der Waals surface area contributed by atoms with E-state index in [-0.39, 0.29) is 0 Å². The second-order valence-electron chi connectivity index (χ2n) is 5.90. The molecule has 0 aliphatic heterocycles. The second kappa shape index (κ2) is 7.75. The summed E-state index contributed by atoms with van der Waals surface area (Å²) in [5.74, 6) is 1.77. The maximum atomic E-state index is 5.37. The third-order valence-electron chi connectivity index (χ3n) is 4.23. The van der Waals surface area contributed by atoms with E-state index in [9.17, 15) is 0 Å². The highest BCUT2D eigenvalue weighted by Crippen LogP contribution is 2.25. The molecule has 0 unspecified atom stereocenters. The lowest BCUT2D eigenvalue weighted by molar-refractivity contribution is 0.402. The smallest absolute Gasteiger partial charge is 0.269 e. The van der Waals surface area contributed by atoms with Crippen molar-refractivity contribution in [2.45, 2.75) is 0 Å². The highest BCUT2D eigenvalue weighted by atomic mass is 16.5. The molecule has 0 aliphatic rings. The van der Waals surface area contributed by atoms with Gasteiger partial charge in [0.2, 0.25) is 0 Å². The molecule has 0 saturated heterocycles. The molecule has 0 aliphatic carbocycles. The first-order chi connectivity index (χ1) is 13.8. The first-order valence-electron chi connectivity index (χ1n) is 8.58. The Morgan fingerprint density at radius 3 is 2.71 bits per heavy atom. The Hall–Kier alpha value is -3.94. The summed E-state index contributed by atoms with van der Waals surface area (Å²) in [6, 6.07) is 19.5. The minimum atomic E-state index is 0.398. The van der Waals surface area contributed by atoms with Crippen molar-refractivity contribution in [1.82, 2.24) is 20.3 Å². The van der Waals surface area contributed by atoms with Crippen LogP contribution < -0.4 is 14.8 Å². The fraction of sp³-hybridized carbons (Fsp3) is 0.100. The van der Waals surface area contributed by atoms with Crippen LogP contribution in [0.15, 0.2) is 65.8 Å². The summed E-state index contributed by atoms with van der Waals surface area (Å²) in [5.41, 5.74) is 1.64. The van der Waals surface area contributed by atoms with Crippen LogP contribution in [0.1, 0.15) is 5.56 Å². The fourth-order valence-corrected chi connectivity index (χ4v) is 2.85. The molecular formula is C20H18N6O2. The van der Waals surface area contributed by atoms with Gasteiger partial charge in [0.15, 0.2) is 0 Å². The molecule has 8 heteroatoms. The Balaban J connectivity index is 1.64. The van der Waals surface area contributed by atoms with Crippen molar-refractivity contribution in [3.8, 4) is 11.5 Å². The van der Waals surface area contributed by atoms with E-state index in [1.807, 2.05) is 48.5 Å². The Morgan fingerprint density at radius 2 is 1.86 bits per heavy atom. The van der Waals surface area contributed by atoms with Gasteiger partial charge in [0.05, 0.1) is 20.4 Å².